The normalized spacial score (nSPS) is 14.2. The van der Waals surface area contributed by atoms with E-state index < -0.39 is 59.5 Å². The molecule has 0 spiro atoms. The highest BCUT2D eigenvalue weighted by Crippen LogP contribution is 2.30. The van der Waals surface area contributed by atoms with Gasteiger partial charge in [0.1, 0.15) is 6.04 Å². The van der Waals surface area contributed by atoms with Crippen LogP contribution in [0.1, 0.15) is 24.2 Å². The number of ether oxygens (including phenoxy) is 3. The van der Waals surface area contributed by atoms with E-state index in [1.54, 1.807) is 0 Å². The van der Waals surface area contributed by atoms with Gasteiger partial charge < -0.3 is 24.6 Å². The van der Waals surface area contributed by atoms with Gasteiger partial charge in [-0.3, -0.25) is 14.4 Å². The molecule has 9 nitrogen and oxygen atoms in total. The topological polar surface area (TPSA) is 128 Å². The Hall–Kier alpha value is -3.15. The fourth-order valence-corrected chi connectivity index (χ4v) is 2.74. The number of carbonyl (C=O) groups is 4. The number of nitrogens with one attached hydrogen (secondary N) is 1. The molecule has 0 saturated carbocycles. The second-order valence-corrected chi connectivity index (χ2v) is 6.41. The van der Waals surface area contributed by atoms with Crippen LogP contribution in [0.25, 0.3) is 0 Å². The van der Waals surface area contributed by atoms with Gasteiger partial charge in [-0.05, 0) is 17.7 Å². The van der Waals surface area contributed by atoms with Crippen molar-refractivity contribution in [2.24, 2.45) is 11.8 Å². The van der Waals surface area contributed by atoms with Crippen LogP contribution in [0.4, 0.5) is 13.2 Å². The molecule has 0 unspecified atom stereocenters. The highest BCUT2D eigenvalue weighted by molar-refractivity contribution is 5.96. The summed E-state index contributed by atoms with van der Waals surface area (Å²) in [6.07, 6.45) is -6.55. The summed E-state index contributed by atoms with van der Waals surface area (Å²) in [6, 6.07) is 1.56. The molecule has 0 fully saturated rings. The quantitative estimate of drug-likeness (QED) is 0.342. The van der Waals surface area contributed by atoms with Crippen LogP contribution in [-0.4, -0.2) is 56.3 Å². The van der Waals surface area contributed by atoms with Crippen LogP contribution < -0.4 is 5.32 Å². The summed E-state index contributed by atoms with van der Waals surface area (Å²) in [4.78, 5) is 48.6. The van der Waals surface area contributed by atoms with Crippen molar-refractivity contribution in [1.29, 1.82) is 0 Å². The minimum absolute atomic E-state index is 0.181. The first-order valence-corrected chi connectivity index (χ1v) is 8.78. The smallest absolute Gasteiger partial charge is 0.416 e. The standard InChI is InChI=1S/C19H22F3NO8/c1-9(12(16(26)29-2)17(27)30-3)13(18(28)31-4)23-15(25)14(24)10-5-7-11(8-6-10)19(20,21)22/h5-9,12-14,24H,1-4H3,(H,23,25)/t9-,13-,14-/m0/s1. The number of hydrogen-bond donors (Lipinski definition) is 2. The van der Waals surface area contributed by atoms with Crippen molar-refractivity contribution < 1.29 is 51.7 Å². The number of aliphatic hydroxyl groups is 1. The first-order chi connectivity index (χ1) is 14.4. The van der Waals surface area contributed by atoms with Crippen molar-refractivity contribution in [1.82, 2.24) is 5.32 Å². The molecule has 0 heterocycles. The number of carbonyl (C=O) groups excluding carboxylic acids is 4. The summed E-state index contributed by atoms with van der Waals surface area (Å²) < 4.78 is 51.6. The van der Waals surface area contributed by atoms with E-state index in [1.165, 1.54) is 6.92 Å². The molecule has 172 valence electrons. The third-order valence-electron chi connectivity index (χ3n) is 4.52. The maximum Gasteiger partial charge on any atom is 0.416 e. The molecule has 31 heavy (non-hydrogen) atoms. The molecule has 1 rings (SSSR count). The Labute approximate surface area is 175 Å². The number of alkyl halides is 3. The molecule has 0 aliphatic heterocycles. The van der Waals surface area contributed by atoms with Crippen LogP contribution in [0.3, 0.4) is 0 Å². The van der Waals surface area contributed by atoms with E-state index >= 15 is 0 Å². The molecule has 0 aromatic heterocycles. The van der Waals surface area contributed by atoms with E-state index in [0.29, 0.717) is 12.1 Å². The summed E-state index contributed by atoms with van der Waals surface area (Å²) in [6.45, 7) is 1.27. The van der Waals surface area contributed by atoms with E-state index in [9.17, 15) is 37.5 Å². The van der Waals surface area contributed by atoms with E-state index in [4.69, 9.17) is 0 Å². The molecule has 1 amide bonds. The molecular formula is C19H22F3NO8. The van der Waals surface area contributed by atoms with Gasteiger partial charge in [0.05, 0.1) is 26.9 Å². The lowest BCUT2D eigenvalue weighted by molar-refractivity contribution is -0.164. The summed E-state index contributed by atoms with van der Waals surface area (Å²) in [5.41, 5.74) is -1.16. The molecule has 0 saturated heterocycles. The van der Waals surface area contributed by atoms with Crippen molar-refractivity contribution >= 4 is 23.8 Å². The molecule has 3 atom stereocenters. The SMILES string of the molecule is COC(=O)C(C(=O)OC)[C@H](C)[C@H](NC(=O)[C@@H](O)c1ccc(C(F)(F)F)cc1)C(=O)OC. The summed E-state index contributed by atoms with van der Waals surface area (Å²) in [5, 5.41) is 12.3. The predicted molar refractivity (Wildman–Crippen MR) is 97.0 cm³/mol. The zero-order chi connectivity index (χ0) is 23.9. The number of esters is 3. The van der Waals surface area contributed by atoms with Gasteiger partial charge in [0.15, 0.2) is 12.0 Å². The zero-order valence-corrected chi connectivity index (χ0v) is 17.1. The van der Waals surface area contributed by atoms with Gasteiger partial charge in [0, 0.05) is 5.92 Å². The Morgan fingerprint density at radius 1 is 0.903 bits per heavy atom. The van der Waals surface area contributed by atoms with Crippen molar-refractivity contribution in [3.8, 4) is 0 Å². The highest BCUT2D eigenvalue weighted by atomic mass is 19.4. The largest absolute Gasteiger partial charge is 0.468 e. The van der Waals surface area contributed by atoms with Crippen LogP contribution >= 0.6 is 0 Å². The zero-order valence-electron chi connectivity index (χ0n) is 17.1. The van der Waals surface area contributed by atoms with Crippen molar-refractivity contribution in [2.45, 2.75) is 25.2 Å². The van der Waals surface area contributed by atoms with Gasteiger partial charge in [-0.1, -0.05) is 19.1 Å². The van der Waals surface area contributed by atoms with E-state index in [0.717, 1.165) is 33.5 Å². The van der Waals surface area contributed by atoms with Gasteiger partial charge in [-0.2, -0.15) is 13.2 Å². The third-order valence-corrected chi connectivity index (χ3v) is 4.52. The Bertz CT molecular complexity index is 793. The third kappa shape index (κ3) is 6.41. The van der Waals surface area contributed by atoms with Crippen LogP contribution in [0.5, 0.6) is 0 Å². The fraction of sp³-hybridized carbons (Fsp3) is 0.474. The van der Waals surface area contributed by atoms with Gasteiger partial charge in [-0.15, -0.1) is 0 Å². The predicted octanol–water partition coefficient (Wildman–Crippen LogP) is 0.995. The minimum atomic E-state index is -4.60. The first-order valence-electron chi connectivity index (χ1n) is 8.78. The molecule has 0 aliphatic carbocycles. The lowest BCUT2D eigenvalue weighted by atomic mass is 9.87. The maximum absolute atomic E-state index is 12.7. The number of benzene rings is 1. The Balaban J connectivity index is 3.13. The summed E-state index contributed by atoms with van der Waals surface area (Å²) >= 11 is 0. The molecule has 1 aromatic rings. The van der Waals surface area contributed by atoms with Crippen LogP contribution in [-0.2, 0) is 39.6 Å². The molecule has 0 bridgehead atoms. The van der Waals surface area contributed by atoms with Crippen molar-refractivity contribution in [3.63, 3.8) is 0 Å². The van der Waals surface area contributed by atoms with Gasteiger partial charge in [0.2, 0.25) is 0 Å². The molecule has 1 aromatic carbocycles. The summed E-state index contributed by atoms with van der Waals surface area (Å²) in [5.74, 6) is -7.12. The second kappa shape index (κ2) is 10.8. The number of amides is 1. The van der Waals surface area contributed by atoms with Gasteiger partial charge >= 0.3 is 24.1 Å². The highest BCUT2D eigenvalue weighted by Gasteiger charge is 2.43. The number of aliphatic hydroxyl groups excluding tert-OH is 1. The Kier molecular flexibility index (Phi) is 8.98. The molecule has 0 radical (unpaired) electrons. The van der Waals surface area contributed by atoms with Crippen molar-refractivity contribution in [3.05, 3.63) is 35.4 Å². The lowest BCUT2D eigenvalue weighted by Crippen LogP contribution is -2.52. The van der Waals surface area contributed by atoms with Crippen molar-refractivity contribution in [2.75, 3.05) is 21.3 Å². The average Bonchev–Trinajstić information content (AvgIpc) is 2.75. The average molecular weight is 449 g/mol. The minimum Gasteiger partial charge on any atom is -0.468 e. The Morgan fingerprint density at radius 3 is 1.74 bits per heavy atom. The first kappa shape index (κ1) is 25.9. The molecule has 2 N–H and O–H groups in total. The van der Waals surface area contributed by atoms with E-state index in [1.807, 2.05) is 0 Å². The van der Waals surface area contributed by atoms with Crippen LogP contribution in [0.15, 0.2) is 24.3 Å². The number of rotatable bonds is 8. The summed E-state index contributed by atoms with van der Waals surface area (Å²) in [7, 11) is 3.00. The molecular weight excluding hydrogens is 427 g/mol. The lowest BCUT2D eigenvalue weighted by Gasteiger charge is -2.27. The molecule has 0 aliphatic rings. The van der Waals surface area contributed by atoms with Gasteiger partial charge in [0.25, 0.3) is 5.91 Å². The number of methoxy groups -OCH3 is 3. The molecule has 12 heteroatoms. The van der Waals surface area contributed by atoms with Gasteiger partial charge in [-0.25, -0.2) is 4.79 Å². The fourth-order valence-electron chi connectivity index (χ4n) is 2.74. The maximum atomic E-state index is 12.7. The number of halogens is 3. The van der Waals surface area contributed by atoms with Crippen LogP contribution in [0, 0.1) is 11.8 Å². The van der Waals surface area contributed by atoms with E-state index in [2.05, 4.69) is 19.5 Å². The Morgan fingerprint density at radius 2 is 1.35 bits per heavy atom. The monoisotopic (exact) mass is 449 g/mol. The number of hydrogen-bond acceptors (Lipinski definition) is 8. The second-order valence-electron chi connectivity index (χ2n) is 6.41. The van der Waals surface area contributed by atoms with Crippen LogP contribution in [0.2, 0.25) is 0 Å². The van der Waals surface area contributed by atoms with E-state index in [-0.39, 0.29) is 5.56 Å².